The molecule has 0 saturated carbocycles. The van der Waals surface area contributed by atoms with Crippen LogP contribution in [0, 0.1) is 5.92 Å². The number of hydrogen-bond acceptors (Lipinski definition) is 3. The Bertz CT molecular complexity index is 647. The number of rotatable bonds is 3. The molecule has 0 amide bonds. The summed E-state index contributed by atoms with van der Waals surface area (Å²) in [7, 11) is 2.06. The Balaban J connectivity index is 1.79. The highest BCUT2D eigenvalue weighted by molar-refractivity contribution is 5.84. The zero-order chi connectivity index (χ0) is 14.8. The Hall–Kier alpha value is -1.97. The number of aromatic nitrogens is 1. The first-order chi connectivity index (χ1) is 10.2. The van der Waals surface area contributed by atoms with Crippen LogP contribution in [0.1, 0.15) is 19.8 Å². The predicted octanol–water partition coefficient (Wildman–Crippen LogP) is 2.96. The van der Waals surface area contributed by atoms with Crippen molar-refractivity contribution in [2.24, 2.45) is 13.0 Å². The topological polar surface area (TPSA) is 34.5 Å². The second-order valence-corrected chi connectivity index (χ2v) is 5.71. The molecule has 1 saturated heterocycles. The van der Waals surface area contributed by atoms with Crippen LogP contribution in [0.5, 0.6) is 0 Å². The number of piperidine rings is 1. The second-order valence-electron chi connectivity index (χ2n) is 5.71. The molecular weight excluding hydrogens is 264 g/mol. The van der Waals surface area contributed by atoms with Crippen LogP contribution < -0.4 is 4.90 Å². The summed E-state index contributed by atoms with van der Waals surface area (Å²) in [6.45, 7) is 4.10. The van der Waals surface area contributed by atoms with E-state index in [4.69, 9.17) is 4.74 Å². The standard InChI is InChI=1S/C17H22N2O2/c1-3-21-17(20)14-5-4-9-19(12-14)15-6-7-16-13(11-15)8-10-18(16)2/h6-8,10-11,14H,3-5,9,12H2,1-2H3. The van der Waals surface area contributed by atoms with Gasteiger partial charge in [-0.25, -0.2) is 0 Å². The third-order valence-electron chi connectivity index (χ3n) is 4.28. The number of hydrogen-bond donors (Lipinski definition) is 0. The molecule has 4 heteroatoms. The van der Waals surface area contributed by atoms with E-state index in [1.54, 1.807) is 0 Å². The highest BCUT2D eigenvalue weighted by atomic mass is 16.5. The second kappa shape index (κ2) is 5.80. The van der Waals surface area contributed by atoms with E-state index in [1.165, 1.54) is 16.6 Å². The molecule has 1 aliphatic rings. The molecule has 112 valence electrons. The van der Waals surface area contributed by atoms with E-state index < -0.39 is 0 Å². The van der Waals surface area contributed by atoms with Gasteiger partial charge in [-0.05, 0) is 44.0 Å². The molecule has 0 spiro atoms. The Kier molecular flexibility index (Phi) is 3.86. The van der Waals surface area contributed by atoms with Crippen molar-refractivity contribution in [1.29, 1.82) is 0 Å². The number of carbonyl (C=O) groups excluding carboxylic acids is 1. The molecule has 1 aromatic heterocycles. The SMILES string of the molecule is CCOC(=O)C1CCCN(c2ccc3c(ccn3C)c2)C1. The van der Waals surface area contributed by atoms with Crippen LogP contribution >= 0.6 is 0 Å². The van der Waals surface area contributed by atoms with Crippen LogP contribution in [-0.2, 0) is 16.6 Å². The lowest BCUT2D eigenvalue weighted by atomic mass is 9.97. The van der Waals surface area contributed by atoms with E-state index >= 15 is 0 Å². The molecule has 0 N–H and O–H groups in total. The van der Waals surface area contributed by atoms with Crippen LogP contribution in [0.2, 0.25) is 0 Å². The van der Waals surface area contributed by atoms with Gasteiger partial charge in [0.1, 0.15) is 0 Å². The van der Waals surface area contributed by atoms with Crippen molar-refractivity contribution in [1.82, 2.24) is 4.57 Å². The Morgan fingerprint density at radius 3 is 3.05 bits per heavy atom. The smallest absolute Gasteiger partial charge is 0.310 e. The number of aryl methyl sites for hydroxylation is 1. The Labute approximate surface area is 125 Å². The highest BCUT2D eigenvalue weighted by Gasteiger charge is 2.27. The molecule has 0 bridgehead atoms. The molecule has 1 atom stereocenters. The maximum absolute atomic E-state index is 11.9. The number of benzene rings is 1. The molecule has 3 rings (SSSR count). The molecular formula is C17H22N2O2. The average Bonchev–Trinajstić information content (AvgIpc) is 2.88. The fourth-order valence-corrected chi connectivity index (χ4v) is 3.13. The van der Waals surface area contributed by atoms with Gasteiger partial charge < -0.3 is 14.2 Å². The van der Waals surface area contributed by atoms with Crippen molar-refractivity contribution in [3.63, 3.8) is 0 Å². The molecule has 1 aromatic carbocycles. The van der Waals surface area contributed by atoms with E-state index in [9.17, 15) is 4.79 Å². The van der Waals surface area contributed by atoms with Gasteiger partial charge in [0.2, 0.25) is 0 Å². The minimum absolute atomic E-state index is 0.00479. The fraction of sp³-hybridized carbons (Fsp3) is 0.471. The predicted molar refractivity (Wildman–Crippen MR) is 84.5 cm³/mol. The molecule has 0 aliphatic carbocycles. The Morgan fingerprint density at radius 1 is 1.38 bits per heavy atom. The van der Waals surface area contributed by atoms with Gasteiger partial charge in [0.25, 0.3) is 0 Å². The Morgan fingerprint density at radius 2 is 2.24 bits per heavy atom. The lowest BCUT2D eigenvalue weighted by molar-refractivity contribution is -0.148. The van der Waals surface area contributed by atoms with Gasteiger partial charge >= 0.3 is 5.97 Å². The molecule has 2 aromatic rings. The van der Waals surface area contributed by atoms with E-state index in [-0.39, 0.29) is 11.9 Å². The minimum atomic E-state index is -0.0528. The van der Waals surface area contributed by atoms with Gasteiger partial charge in [-0.1, -0.05) is 0 Å². The fourth-order valence-electron chi connectivity index (χ4n) is 3.13. The largest absolute Gasteiger partial charge is 0.466 e. The number of anilines is 1. The lowest BCUT2D eigenvalue weighted by Gasteiger charge is -2.33. The van der Waals surface area contributed by atoms with Gasteiger partial charge in [0.15, 0.2) is 0 Å². The van der Waals surface area contributed by atoms with Crippen molar-refractivity contribution in [3.8, 4) is 0 Å². The summed E-state index contributed by atoms with van der Waals surface area (Å²) in [5.41, 5.74) is 2.43. The number of esters is 1. The summed E-state index contributed by atoms with van der Waals surface area (Å²) in [5.74, 6) is -0.0480. The van der Waals surface area contributed by atoms with Crippen molar-refractivity contribution in [2.45, 2.75) is 19.8 Å². The van der Waals surface area contributed by atoms with E-state index in [0.717, 1.165) is 25.9 Å². The van der Waals surface area contributed by atoms with Crippen molar-refractivity contribution >= 4 is 22.6 Å². The van der Waals surface area contributed by atoms with E-state index in [1.807, 2.05) is 6.92 Å². The number of carbonyl (C=O) groups is 1. The quantitative estimate of drug-likeness (QED) is 0.814. The van der Waals surface area contributed by atoms with Crippen LogP contribution in [0.15, 0.2) is 30.5 Å². The summed E-state index contributed by atoms with van der Waals surface area (Å²) in [6, 6.07) is 8.64. The first-order valence-corrected chi connectivity index (χ1v) is 7.65. The monoisotopic (exact) mass is 286 g/mol. The number of ether oxygens (including phenoxy) is 1. The lowest BCUT2D eigenvalue weighted by Crippen LogP contribution is -2.39. The molecule has 21 heavy (non-hydrogen) atoms. The van der Waals surface area contributed by atoms with Crippen LogP contribution in [0.4, 0.5) is 5.69 Å². The first-order valence-electron chi connectivity index (χ1n) is 7.65. The summed E-state index contributed by atoms with van der Waals surface area (Å²) in [4.78, 5) is 14.2. The summed E-state index contributed by atoms with van der Waals surface area (Å²) in [5, 5.41) is 1.24. The third-order valence-corrected chi connectivity index (χ3v) is 4.28. The molecule has 0 radical (unpaired) electrons. The maximum atomic E-state index is 11.9. The summed E-state index contributed by atoms with van der Waals surface area (Å²) >= 11 is 0. The normalized spacial score (nSPS) is 19.0. The average molecular weight is 286 g/mol. The van der Waals surface area contributed by atoms with Gasteiger partial charge in [0.05, 0.1) is 12.5 Å². The van der Waals surface area contributed by atoms with Crippen LogP contribution in [-0.4, -0.2) is 30.2 Å². The molecule has 1 aliphatic heterocycles. The minimum Gasteiger partial charge on any atom is -0.466 e. The molecule has 2 heterocycles. The van der Waals surface area contributed by atoms with E-state index in [2.05, 4.69) is 47.0 Å². The maximum Gasteiger partial charge on any atom is 0.310 e. The molecule has 1 unspecified atom stereocenters. The highest BCUT2D eigenvalue weighted by Crippen LogP contribution is 2.27. The molecule has 1 fully saturated rings. The zero-order valence-electron chi connectivity index (χ0n) is 12.7. The molecule has 4 nitrogen and oxygen atoms in total. The van der Waals surface area contributed by atoms with Crippen molar-refractivity contribution in [2.75, 3.05) is 24.6 Å². The summed E-state index contributed by atoms with van der Waals surface area (Å²) in [6.07, 6.45) is 4.05. The van der Waals surface area contributed by atoms with Crippen molar-refractivity contribution in [3.05, 3.63) is 30.5 Å². The van der Waals surface area contributed by atoms with Gasteiger partial charge in [-0.2, -0.15) is 0 Å². The third kappa shape index (κ3) is 2.75. The van der Waals surface area contributed by atoms with Gasteiger partial charge in [-0.15, -0.1) is 0 Å². The van der Waals surface area contributed by atoms with Crippen LogP contribution in [0.25, 0.3) is 10.9 Å². The number of nitrogens with zero attached hydrogens (tertiary/aromatic N) is 2. The first kappa shape index (κ1) is 14.0. The van der Waals surface area contributed by atoms with Crippen LogP contribution in [0.3, 0.4) is 0 Å². The van der Waals surface area contributed by atoms with Gasteiger partial charge in [-0.3, -0.25) is 4.79 Å². The number of fused-ring (bicyclic) bond motifs is 1. The van der Waals surface area contributed by atoms with Crippen molar-refractivity contribution < 1.29 is 9.53 Å². The summed E-state index contributed by atoms with van der Waals surface area (Å²) < 4.78 is 7.29. The van der Waals surface area contributed by atoms with E-state index in [0.29, 0.717) is 6.61 Å². The zero-order valence-corrected chi connectivity index (χ0v) is 12.7. The van der Waals surface area contributed by atoms with Gasteiger partial charge in [0, 0.05) is 42.9 Å².